The highest BCUT2D eigenvalue weighted by Gasteiger charge is 2.30. The number of hydrogen-bond donors (Lipinski definition) is 2. The van der Waals surface area contributed by atoms with E-state index in [9.17, 15) is 27.9 Å². The first kappa shape index (κ1) is 27.5. The lowest BCUT2D eigenvalue weighted by Crippen LogP contribution is -2.06. The van der Waals surface area contributed by atoms with Crippen molar-refractivity contribution < 1.29 is 37.7 Å². The van der Waals surface area contributed by atoms with Crippen LogP contribution in [-0.4, -0.2) is 26.7 Å². The zero-order valence-corrected chi connectivity index (χ0v) is 20.8. The van der Waals surface area contributed by atoms with Crippen molar-refractivity contribution in [1.82, 2.24) is 4.57 Å². The summed E-state index contributed by atoms with van der Waals surface area (Å²) in [5, 5.41) is 19.2. The Hall–Kier alpha value is -4.53. The van der Waals surface area contributed by atoms with Gasteiger partial charge in [0.2, 0.25) is 0 Å². The second-order valence-corrected chi connectivity index (χ2v) is 9.05. The van der Waals surface area contributed by atoms with Gasteiger partial charge in [-0.25, -0.2) is 0 Å². The molecule has 0 saturated heterocycles. The average molecular weight is 538 g/mol. The number of fused-ring (bicyclic) bond motifs is 1. The standard InChI is InChI=1S/C30H26F3NO5/c31-30(32,33)24-6-1-4-21(16-24)19-39-25-13-10-20(11-14-25)9-12-22-5-2-7-26-29(22)23(17-28(37)38)18-34(26)15-3-8-27(35)36/h1-2,4-7,9-14,16,18H,3,8,15,17,19H2,(H,35,36)(H,37,38)/b12-9+. The minimum atomic E-state index is -4.41. The molecule has 0 aliphatic carbocycles. The van der Waals surface area contributed by atoms with Gasteiger partial charge in [0, 0.05) is 30.1 Å². The van der Waals surface area contributed by atoms with E-state index in [1.54, 1.807) is 24.4 Å². The highest BCUT2D eigenvalue weighted by Crippen LogP contribution is 2.30. The van der Waals surface area contributed by atoms with Gasteiger partial charge < -0.3 is 19.5 Å². The Balaban J connectivity index is 1.50. The number of ether oxygens (including phenoxy) is 1. The van der Waals surface area contributed by atoms with Crippen LogP contribution in [0.15, 0.2) is 72.9 Å². The number of aliphatic carboxylic acids is 2. The molecule has 1 heterocycles. The summed E-state index contributed by atoms with van der Waals surface area (Å²) < 4.78 is 46.3. The first-order chi connectivity index (χ1) is 18.6. The number of nitrogens with zero attached hydrogens (tertiary/aromatic N) is 1. The summed E-state index contributed by atoms with van der Waals surface area (Å²) >= 11 is 0. The molecule has 6 nitrogen and oxygen atoms in total. The molecule has 0 bridgehead atoms. The molecule has 0 saturated carbocycles. The first-order valence-electron chi connectivity index (χ1n) is 12.2. The molecule has 202 valence electrons. The minimum Gasteiger partial charge on any atom is -0.489 e. The predicted octanol–water partition coefficient (Wildman–Crippen LogP) is 6.90. The van der Waals surface area contributed by atoms with Crippen LogP contribution in [-0.2, 0) is 35.3 Å². The smallest absolute Gasteiger partial charge is 0.416 e. The summed E-state index contributed by atoms with van der Waals surface area (Å²) in [6, 6.07) is 17.7. The fourth-order valence-corrected chi connectivity index (χ4v) is 4.36. The molecule has 4 aromatic rings. The van der Waals surface area contributed by atoms with Crippen molar-refractivity contribution >= 4 is 35.0 Å². The maximum Gasteiger partial charge on any atom is 0.416 e. The quantitative estimate of drug-likeness (QED) is 0.203. The van der Waals surface area contributed by atoms with Gasteiger partial charge in [-0.1, -0.05) is 48.6 Å². The van der Waals surface area contributed by atoms with Crippen molar-refractivity contribution in [3.05, 3.63) is 101 Å². The molecule has 4 rings (SSSR count). The highest BCUT2D eigenvalue weighted by molar-refractivity contribution is 5.96. The van der Waals surface area contributed by atoms with Crippen LogP contribution in [0.2, 0.25) is 0 Å². The Bertz CT molecular complexity index is 1500. The number of carbonyl (C=O) groups is 2. The third-order valence-electron chi connectivity index (χ3n) is 6.14. The van der Waals surface area contributed by atoms with E-state index >= 15 is 0 Å². The molecule has 2 N–H and O–H groups in total. The van der Waals surface area contributed by atoms with Crippen molar-refractivity contribution in [1.29, 1.82) is 0 Å². The molecule has 0 unspecified atom stereocenters. The Labute approximate surface area is 222 Å². The number of alkyl halides is 3. The highest BCUT2D eigenvalue weighted by atomic mass is 19.4. The van der Waals surface area contributed by atoms with Gasteiger partial charge in [-0.05, 0) is 59.0 Å². The maximum atomic E-state index is 12.9. The van der Waals surface area contributed by atoms with E-state index in [0.717, 1.165) is 34.2 Å². The second kappa shape index (κ2) is 11.9. The Morgan fingerprint density at radius 2 is 1.67 bits per heavy atom. The topological polar surface area (TPSA) is 88.8 Å². The van der Waals surface area contributed by atoms with Gasteiger partial charge in [-0.2, -0.15) is 13.2 Å². The fraction of sp³-hybridized carbons (Fsp3) is 0.200. The second-order valence-electron chi connectivity index (χ2n) is 9.05. The SMILES string of the molecule is O=C(O)CCCn1cc(CC(=O)O)c2c(/C=C/c3ccc(OCc4cccc(C(F)(F)F)c4)cc3)cccc21. The molecular weight excluding hydrogens is 511 g/mol. The number of carboxylic acids is 2. The van der Waals surface area contributed by atoms with Gasteiger partial charge in [0.25, 0.3) is 0 Å². The number of benzene rings is 3. The Morgan fingerprint density at radius 1 is 0.923 bits per heavy atom. The zero-order valence-electron chi connectivity index (χ0n) is 20.8. The lowest BCUT2D eigenvalue weighted by atomic mass is 10.0. The lowest BCUT2D eigenvalue weighted by Gasteiger charge is -2.10. The number of hydrogen-bond acceptors (Lipinski definition) is 3. The third-order valence-corrected chi connectivity index (χ3v) is 6.14. The molecule has 0 aliphatic rings. The van der Waals surface area contributed by atoms with Gasteiger partial charge >= 0.3 is 18.1 Å². The molecule has 1 aromatic heterocycles. The van der Waals surface area contributed by atoms with Crippen LogP contribution in [0.4, 0.5) is 13.2 Å². The van der Waals surface area contributed by atoms with Gasteiger partial charge in [0.15, 0.2) is 0 Å². The van der Waals surface area contributed by atoms with Crippen LogP contribution < -0.4 is 4.74 Å². The molecule has 9 heteroatoms. The van der Waals surface area contributed by atoms with Gasteiger partial charge in [-0.15, -0.1) is 0 Å². The van der Waals surface area contributed by atoms with Gasteiger partial charge in [0.05, 0.1) is 12.0 Å². The Kier molecular flexibility index (Phi) is 8.39. The molecule has 0 radical (unpaired) electrons. The van der Waals surface area contributed by atoms with E-state index < -0.39 is 23.7 Å². The summed E-state index contributed by atoms with van der Waals surface area (Å²) in [5.74, 6) is -1.33. The molecule has 3 aromatic carbocycles. The number of aromatic nitrogens is 1. The normalized spacial score (nSPS) is 11.8. The van der Waals surface area contributed by atoms with Crippen molar-refractivity contribution in [2.75, 3.05) is 0 Å². The van der Waals surface area contributed by atoms with E-state index in [0.29, 0.717) is 29.8 Å². The van der Waals surface area contributed by atoms with Gasteiger partial charge in [0.1, 0.15) is 12.4 Å². The van der Waals surface area contributed by atoms with Crippen molar-refractivity contribution in [2.45, 2.75) is 38.6 Å². The van der Waals surface area contributed by atoms with Gasteiger partial charge in [-0.3, -0.25) is 9.59 Å². The number of rotatable bonds is 11. The minimum absolute atomic E-state index is 0.00306. The Morgan fingerprint density at radius 3 is 2.36 bits per heavy atom. The molecule has 0 aliphatic heterocycles. The molecule has 0 fully saturated rings. The van der Waals surface area contributed by atoms with Crippen molar-refractivity contribution in [3.63, 3.8) is 0 Å². The molecular formula is C30H26F3NO5. The maximum absolute atomic E-state index is 12.9. The summed E-state index contributed by atoms with van der Waals surface area (Å²) in [5.41, 5.74) is 2.84. The average Bonchev–Trinajstić information content (AvgIpc) is 3.23. The van der Waals surface area contributed by atoms with E-state index in [1.807, 2.05) is 47.1 Å². The van der Waals surface area contributed by atoms with Crippen LogP contribution in [0.5, 0.6) is 5.75 Å². The number of aryl methyl sites for hydroxylation is 1. The van der Waals surface area contributed by atoms with Crippen LogP contribution >= 0.6 is 0 Å². The molecule has 39 heavy (non-hydrogen) atoms. The summed E-state index contributed by atoms with van der Waals surface area (Å²) in [7, 11) is 0. The monoisotopic (exact) mass is 537 g/mol. The van der Waals surface area contributed by atoms with Crippen LogP contribution in [0, 0.1) is 0 Å². The predicted molar refractivity (Wildman–Crippen MR) is 141 cm³/mol. The zero-order chi connectivity index (χ0) is 28.0. The summed E-state index contributed by atoms with van der Waals surface area (Å²) in [6.07, 6.45) is 1.40. The number of halogens is 3. The fourth-order valence-electron chi connectivity index (χ4n) is 4.36. The van der Waals surface area contributed by atoms with E-state index in [4.69, 9.17) is 9.84 Å². The molecule has 0 spiro atoms. The van der Waals surface area contributed by atoms with Crippen molar-refractivity contribution in [3.8, 4) is 5.75 Å². The first-order valence-corrected chi connectivity index (χ1v) is 12.2. The van der Waals surface area contributed by atoms with Crippen LogP contribution in [0.3, 0.4) is 0 Å². The largest absolute Gasteiger partial charge is 0.489 e. The summed E-state index contributed by atoms with van der Waals surface area (Å²) in [6.45, 7) is 0.453. The van der Waals surface area contributed by atoms with Crippen LogP contribution in [0.25, 0.3) is 23.1 Å². The van der Waals surface area contributed by atoms with E-state index in [1.165, 1.54) is 6.07 Å². The lowest BCUT2D eigenvalue weighted by molar-refractivity contribution is -0.138. The third kappa shape index (κ3) is 7.28. The molecule has 0 atom stereocenters. The van der Waals surface area contributed by atoms with Crippen molar-refractivity contribution in [2.24, 2.45) is 0 Å². The van der Waals surface area contributed by atoms with E-state index in [-0.39, 0.29) is 19.4 Å². The number of carboxylic acid groups (broad SMARTS) is 2. The molecule has 0 amide bonds. The van der Waals surface area contributed by atoms with Crippen LogP contribution in [0.1, 0.15) is 40.7 Å². The van der Waals surface area contributed by atoms with E-state index in [2.05, 4.69) is 0 Å². The summed E-state index contributed by atoms with van der Waals surface area (Å²) in [4.78, 5) is 22.4.